The summed E-state index contributed by atoms with van der Waals surface area (Å²) in [7, 11) is 2.70. The molecule has 1 saturated heterocycles. The lowest BCUT2D eigenvalue weighted by molar-refractivity contribution is -0.146. The zero-order valence-corrected chi connectivity index (χ0v) is 22.7. The molecule has 2 aromatic rings. The number of amidine groups is 1. The highest BCUT2D eigenvalue weighted by Crippen LogP contribution is 2.32. The molecule has 1 aliphatic carbocycles. The Morgan fingerprint density at radius 1 is 0.897 bits per heavy atom. The van der Waals surface area contributed by atoms with Crippen molar-refractivity contribution >= 4 is 23.9 Å². The number of nitrogens with one attached hydrogen (secondary N) is 2. The Bertz CT molecular complexity index is 1140. The molecule has 1 aliphatic heterocycles. The first kappa shape index (κ1) is 28.1. The van der Waals surface area contributed by atoms with Gasteiger partial charge < -0.3 is 19.3 Å². The summed E-state index contributed by atoms with van der Waals surface area (Å²) in [5.41, 5.74) is 2.87. The number of carbonyl (C=O) groups excluding carboxylic acids is 3. The number of piperidine rings is 1. The maximum atomic E-state index is 13.8. The summed E-state index contributed by atoms with van der Waals surface area (Å²) < 4.78 is 9.50. The van der Waals surface area contributed by atoms with Crippen LogP contribution in [0.2, 0.25) is 0 Å². The van der Waals surface area contributed by atoms with Crippen LogP contribution >= 0.6 is 0 Å². The van der Waals surface area contributed by atoms with Crippen LogP contribution in [0, 0.1) is 11.3 Å². The van der Waals surface area contributed by atoms with Gasteiger partial charge >= 0.3 is 18.1 Å². The SMILES string of the molecule is COC(=O)NC(=N)c1ccc(C2CCN(C(=O)N(Cc3ccccc3)[C@H]3CC[C@H](C(=O)OC)CC3)CC2)cc1. The van der Waals surface area contributed by atoms with Gasteiger partial charge in [-0.05, 0) is 55.6 Å². The van der Waals surface area contributed by atoms with Crippen molar-refractivity contribution in [3.05, 3.63) is 71.3 Å². The van der Waals surface area contributed by atoms with E-state index in [1.54, 1.807) is 0 Å². The molecule has 39 heavy (non-hydrogen) atoms. The number of esters is 1. The quantitative estimate of drug-likeness (QED) is 0.311. The number of rotatable bonds is 6. The van der Waals surface area contributed by atoms with E-state index in [0.29, 0.717) is 31.1 Å². The lowest BCUT2D eigenvalue weighted by Gasteiger charge is -2.41. The van der Waals surface area contributed by atoms with Crippen LogP contribution in [0.5, 0.6) is 0 Å². The largest absolute Gasteiger partial charge is 0.469 e. The maximum absolute atomic E-state index is 13.8. The van der Waals surface area contributed by atoms with Gasteiger partial charge in [-0.3, -0.25) is 15.5 Å². The van der Waals surface area contributed by atoms with Crippen LogP contribution in [0.15, 0.2) is 54.6 Å². The lowest BCUT2D eigenvalue weighted by Crippen LogP contribution is -2.51. The molecule has 0 unspecified atom stereocenters. The van der Waals surface area contributed by atoms with Crippen LogP contribution in [0.4, 0.5) is 9.59 Å². The predicted octanol–water partition coefficient (Wildman–Crippen LogP) is 4.90. The Labute approximate surface area is 230 Å². The van der Waals surface area contributed by atoms with Crippen LogP contribution in [-0.2, 0) is 20.8 Å². The smallest absolute Gasteiger partial charge is 0.412 e. The summed E-state index contributed by atoms with van der Waals surface area (Å²) in [5.74, 6) is 0.0833. The van der Waals surface area contributed by atoms with Crippen molar-refractivity contribution in [3.63, 3.8) is 0 Å². The number of ether oxygens (including phenoxy) is 2. The number of methoxy groups -OCH3 is 2. The molecule has 0 bridgehead atoms. The van der Waals surface area contributed by atoms with Crippen molar-refractivity contribution in [2.75, 3.05) is 27.3 Å². The minimum Gasteiger partial charge on any atom is -0.469 e. The fourth-order valence-corrected chi connectivity index (χ4v) is 5.66. The van der Waals surface area contributed by atoms with Crippen LogP contribution in [0.3, 0.4) is 0 Å². The molecule has 2 aromatic carbocycles. The highest BCUT2D eigenvalue weighted by Gasteiger charge is 2.35. The number of carbonyl (C=O) groups is 3. The Balaban J connectivity index is 1.38. The average molecular weight is 535 g/mol. The maximum Gasteiger partial charge on any atom is 0.412 e. The van der Waals surface area contributed by atoms with Crippen LogP contribution in [0.25, 0.3) is 0 Å². The van der Waals surface area contributed by atoms with E-state index in [2.05, 4.69) is 22.2 Å². The number of benzene rings is 2. The third kappa shape index (κ3) is 7.16. The molecule has 9 nitrogen and oxygen atoms in total. The Morgan fingerprint density at radius 3 is 2.13 bits per heavy atom. The Morgan fingerprint density at radius 2 is 1.54 bits per heavy atom. The topological polar surface area (TPSA) is 112 Å². The van der Waals surface area contributed by atoms with Crippen molar-refractivity contribution in [3.8, 4) is 0 Å². The zero-order valence-electron chi connectivity index (χ0n) is 22.7. The van der Waals surface area contributed by atoms with Crippen LogP contribution in [0.1, 0.15) is 61.1 Å². The van der Waals surface area contributed by atoms with Gasteiger partial charge in [0.1, 0.15) is 5.84 Å². The second-order valence-corrected chi connectivity index (χ2v) is 10.3. The van der Waals surface area contributed by atoms with E-state index >= 15 is 0 Å². The number of nitrogens with zero attached hydrogens (tertiary/aromatic N) is 2. The molecule has 0 radical (unpaired) electrons. The first-order valence-corrected chi connectivity index (χ1v) is 13.6. The van der Waals surface area contributed by atoms with Gasteiger partial charge in [-0.1, -0.05) is 54.6 Å². The third-order valence-corrected chi connectivity index (χ3v) is 7.96. The first-order chi connectivity index (χ1) is 18.9. The molecular weight excluding hydrogens is 496 g/mol. The number of likely N-dealkylation sites (tertiary alicyclic amines) is 1. The van der Waals surface area contributed by atoms with Crippen LogP contribution < -0.4 is 5.32 Å². The molecular formula is C30H38N4O5. The van der Waals surface area contributed by atoms with Crippen molar-refractivity contribution < 1.29 is 23.9 Å². The molecule has 0 spiro atoms. The number of amides is 3. The van der Waals surface area contributed by atoms with E-state index < -0.39 is 6.09 Å². The van der Waals surface area contributed by atoms with Gasteiger partial charge in [-0.15, -0.1) is 0 Å². The van der Waals surface area contributed by atoms with Crippen molar-refractivity contribution in [2.45, 2.75) is 57.0 Å². The van der Waals surface area contributed by atoms with Gasteiger partial charge in [0, 0.05) is 31.2 Å². The molecule has 2 N–H and O–H groups in total. The van der Waals surface area contributed by atoms with Gasteiger partial charge in [0.15, 0.2) is 0 Å². The molecule has 1 saturated carbocycles. The standard InChI is InChI=1S/C30H38N4O5/c1-38-28(35)25-12-14-26(15-13-25)34(20-21-6-4-3-5-7-21)30(37)33-18-16-23(17-19-33)22-8-10-24(11-9-22)27(31)32-29(36)39-2/h3-11,23,25-26H,12-20H2,1-2H3,(H2,31,32,36)/t25-,26-. The highest BCUT2D eigenvalue weighted by atomic mass is 16.5. The van der Waals surface area contributed by atoms with Gasteiger partial charge in [0.25, 0.3) is 0 Å². The fourth-order valence-electron chi connectivity index (χ4n) is 5.66. The van der Waals surface area contributed by atoms with E-state index in [1.807, 2.05) is 52.3 Å². The van der Waals surface area contributed by atoms with Gasteiger partial charge in [0.05, 0.1) is 20.1 Å². The molecule has 3 amide bonds. The second-order valence-electron chi connectivity index (χ2n) is 10.3. The van der Waals surface area contributed by atoms with Crippen LogP contribution in [-0.4, -0.2) is 67.1 Å². The number of urea groups is 1. The molecule has 2 aliphatic rings. The zero-order chi connectivity index (χ0) is 27.8. The molecule has 4 rings (SSSR count). The minimum absolute atomic E-state index is 0.00653. The fraction of sp³-hybridized carbons (Fsp3) is 0.467. The molecule has 2 fully saturated rings. The molecule has 0 atom stereocenters. The minimum atomic E-state index is -0.668. The van der Waals surface area contributed by atoms with Crippen molar-refractivity contribution in [1.29, 1.82) is 5.41 Å². The summed E-state index contributed by atoms with van der Waals surface area (Å²) in [4.78, 5) is 41.2. The average Bonchev–Trinajstić information content (AvgIpc) is 2.99. The molecule has 9 heteroatoms. The van der Waals surface area contributed by atoms with Crippen molar-refractivity contribution in [1.82, 2.24) is 15.1 Å². The number of hydrogen-bond donors (Lipinski definition) is 2. The Hall–Kier alpha value is -3.88. The molecule has 208 valence electrons. The predicted molar refractivity (Wildman–Crippen MR) is 148 cm³/mol. The summed E-state index contributed by atoms with van der Waals surface area (Å²) in [6.07, 6.45) is 4.11. The van der Waals surface area contributed by atoms with E-state index in [9.17, 15) is 14.4 Å². The van der Waals surface area contributed by atoms with Crippen molar-refractivity contribution in [2.24, 2.45) is 5.92 Å². The normalized spacial score (nSPS) is 19.6. The number of hydrogen-bond acceptors (Lipinski definition) is 6. The third-order valence-electron chi connectivity index (χ3n) is 7.96. The van der Waals surface area contributed by atoms with E-state index in [0.717, 1.165) is 44.1 Å². The molecule has 1 heterocycles. The Kier molecular flexibility index (Phi) is 9.57. The summed E-state index contributed by atoms with van der Waals surface area (Å²) in [6.45, 7) is 1.90. The molecule has 0 aromatic heterocycles. The lowest BCUT2D eigenvalue weighted by atomic mass is 9.85. The monoisotopic (exact) mass is 534 g/mol. The van der Waals surface area contributed by atoms with Gasteiger partial charge in [-0.2, -0.15) is 0 Å². The highest BCUT2D eigenvalue weighted by molar-refractivity contribution is 6.04. The summed E-state index contributed by atoms with van der Waals surface area (Å²) in [5, 5.41) is 10.4. The summed E-state index contributed by atoms with van der Waals surface area (Å²) in [6, 6.07) is 17.9. The summed E-state index contributed by atoms with van der Waals surface area (Å²) >= 11 is 0. The second kappa shape index (κ2) is 13.3. The van der Waals surface area contributed by atoms with Gasteiger partial charge in [0.2, 0.25) is 0 Å². The van der Waals surface area contributed by atoms with Gasteiger partial charge in [-0.25, -0.2) is 9.59 Å². The van der Waals surface area contributed by atoms with E-state index in [4.69, 9.17) is 10.1 Å². The first-order valence-electron chi connectivity index (χ1n) is 13.6. The van der Waals surface area contributed by atoms with E-state index in [1.165, 1.54) is 19.8 Å². The number of alkyl carbamates (subject to hydrolysis) is 1. The van der Waals surface area contributed by atoms with E-state index in [-0.39, 0.29) is 29.8 Å².